The van der Waals surface area contributed by atoms with Gasteiger partial charge < -0.3 is 19.1 Å². The summed E-state index contributed by atoms with van der Waals surface area (Å²) in [7, 11) is -0.795. The summed E-state index contributed by atoms with van der Waals surface area (Å²) in [5.74, 6) is -0.599. The van der Waals surface area contributed by atoms with E-state index in [1.165, 1.54) is 0 Å². The predicted molar refractivity (Wildman–Crippen MR) is 116 cm³/mol. The highest BCUT2D eigenvalue weighted by atomic mass is 19.1. The molecule has 1 fully saturated rings. The van der Waals surface area contributed by atoms with Gasteiger partial charge in [-0.3, -0.25) is 4.79 Å². The van der Waals surface area contributed by atoms with Crippen LogP contribution < -0.4 is 10.8 Å². The first-order valence-corrected chi connectivity index (χ1v) is 10.4. The highest BCUT2D eigenvalue weighted by molar-refractivity contribution is 6.62. The van der Waals surface area contributed by atoms with Gasteiger partial charge in [-0.15, -0.1) is 0 Å². The molecule has 1 aliphatic heterocycles. The van der Waals surface area contributed by atoms with Gasteiger partial charge in [0.05, 0.1) is 17.2 Å². The van der Waals surface area contributed by atoms with Crippen molar-refractivity contribution in [3.63, 3.8) is 0 Å². The molecular weight excluding hydrogens is 400 g/mol. The topological polar surface area (TPSA) is 86.5 Å². The van der Waals surface area contributed by atoms with Crippen molar-refractivity contribution in [3.05, 3.63) is 40.8 Å². The van der Waals surface area contributed by atoms with Crippen LogP contribution in [0.25, 0.3) is 0 Å². The molecule has 0 aliphatic carbocycles. The second-order valence-electron chi connectivity index (χ2n) is 10.1. The van der Waals surface area contributed by atoms with Crippen LogP contribution in [0, 0.1) is 12.7 Å². The van der Waals surface area contributed by atoms with Crippen molar-refractivity contribution in [2.24, 2.45) is 0 Å². The normalized spacial score (nSPS) is 18.8. The maximum absolute atomic E-state index is 15.3. The Labute approximate surface area is 183 Å². The summed E-state index contributed by atoms with van der Waals surface area (Å²) in [6.45, 7) is 16.9. The number of nitrogens with zero attached hydrogens (tertiary/aromatic N) is 2. The van der Waals surface area contributed by atoms with Crippen LogP contribution in [0.3, 0.4) is 0 Å². The van der Waals surface area contributed by atoms with Crippen LogP contribution in [0.1, 0.15) is 89.1 Å². The maximum Gasteiger partial charge on any atom is 0.497 e. The van der Waals surface area contributed by atoms with E-state index in [2.05, 4.69) is 15.5 Å². The molecule has 0 unspecified atom stereocenters. The zero-order valence-electron chi connectivity index (χ0n) is 19.7. The minimum Gasteiger partial charge on any atom is -0.399 e. The van der Waals surface area contributed by atoms with Gasteiger partial charge >= 0.3 is 18.9 Å². The summed E-state index contributed by atoms with van der Waals surface area (Å²) in [6, 6.07) is 2.95. The number of hydrogen-bond donors (Lipinski definition) is 1. The first-order valence-electron chi connectivity index (χ1n) is 10.4. The number of hydrogen-bond acceptors (Lipinski definition) is 6. The number of nitrogens with one attached hydrogen (secondary N) is 1. The Morgan fingerprint density at radius 1 is 1.16 bits per heavy atom. The second kappa shape index (κ2) is 7.71. The van der Waals surface area contributed by atoms with Crippen LogP contribution in [0.5, 0.6) is 0 Å². The summed E-state index contributed by atoms with van der Waals surface area (Å²) in [5, 5.41) is 6.66. The Bertz CT molecular complexity index is 981. The molecular formula is C22H31BFN3O4. The Morgan fingerprint density at radius 3 is 2.26 bits per heavy atom. The summed E-state index contributed by atoms with van der Waals surface area (Å²) >= 11 is 0. The van der Waals surface area contributed by atoms with Gasteiger partial charge in [-0.1, -0.05) is 38.1 Å². The van der Waals surface area contributed by atoms with E-state index in [1.807, 2.05) is 48.5 Å². The van der Waals surface area contributed by atoms with Crippen molar-refractivity contribution in [1.82, 2.24) is 15.5 Å². The van der Waals surface area contributed by atoms with Crippen molar-refractivity contribution in [1.29, 1.82) is 0 Å². The quantitative estimate of drug-likeness (QED) is 0.745. The minimum absolute atomic E-state index is 0.122. The van der Waals surface area contributed by atoms with Crippen molar-refractivity contribution >= 4 is 18.5 Å². The molecule has 2 aromatic rings. The third-order valence-corrected chi connectivity index (χ3v) is 6.07. The lowest BCUT2D eigenvalue weighted by atomic mass is 9.76. The molecule has 0 bridgehead atoms. The summed E-state index contributed by atoms with van der Waals surface area (Å²) in [6.07, 6.45) is 0. The number of aromatic nitrogens is 2. The van der Waals surface area contributed by atoms with E-state index >= 15 is 4.39 Å². The average Bonchev–Trinajstić information content (AvgIpc) is 3.20. The number of carbonyl (C=O) groups excluding carboxylic acids is 1. The zero-order valence-corrected chi connectivity index (χ0v) is 19.7. The molecule has 7 nitrogen and oxygen atoms in total. The van der Waals surface area contributed by atoms with Crippen LogP contribution in [-0.2, 0) is 14.7 Å². The fraction of sp³-hybridized carbons (Fsp3) is 0.591. The summed E-state index contributed by atoms with van der Waals surface area (Å²) < 4.78 is 32.3. The monoisotopic (exact) mass is 431 g/mol. The first-order chi connectivity index (χ1) is 14.1. The molecule has 0 radical (unpaired) electrons. The van der Waals surface area contributed by atoms with E-state index in [1.54, 1.807) is 26.0 Å². The van der Waals surface area contributed by atoms with Gasteiger partial charge in [-0.25, -0.2) is 4.39 Å². The van der Waals surface area contributed by atoms with Crippen molar-refractivity contribution in [2.75, 3.05) is 0 Å². The molecule has 1 aromatic heterocycles. The average molecular weight is 431 g/mol. The molecule has 2 heterocycles. The lowest BCUT2D eigenvalue weighted by Gasteiger charge is -2.32. The fourth-order valence-corrected chi connectivity index (χ4v) is 3.30. The fourth-order valence-electron chi connectivity index (χ4n) is 3.30. The van der Waals surface area contributed by atoms with Crippen LogP contribution in [-0.4, -0.2) is 34.4 Å². The number of carbonyl (C=O) groups is 1. The Morgan fingerprint density at radius 2 is 1.74 bits per heavy atom. The second-order valence-corrected chi connectivity index (χ2v) is 10.1. The van der Waals surface area contributed by atoms with Gasteiger partial charge in [0.25, 0.3) is 0 Å². The van der Waals surface area contributed by atoms with E-state index in [4.69, 9.17) is 13.8 Å². The molecule has 1 aliphatic rings. The number of benzene rings is 1. The van der Waals surface area contributed by atoms with E-state index in [9.17, 15) is 4.79 Å². The molecule has 1 atom stereocenters. The van der Waals surface area contributed by atoms with E-state index in [0.29, 0.717) is 22.4 Å². The molecule has 1 N–H and O–H groups in total. The van der Waals surface area contributed by atoms with Crippen LogP contribution in [0.2, 0.25) is 0 Å². The smallest absolute Gasteiger partial charge is 0.399 e. The maximum atomic E-state index is 15.3. The zero-order chi connectivity index (χ0) is 23.4. The SMILES string of the molecule is Cc1c([C@@H](C)NC(=O)c2nc(C(C)(C)C)no2)ccc(B2OC(C)(C)C(C)(C)O2)c1F. The lowest BCUT2D eigenvalue weighted by molar-refractivity contribution is 0.00578. The van der Waals surface area contributed by atoms with Gasteiger partial charge in [0.1, 0.15) is 5.82 Å². The largest absolute Gasteiger partial charge is 0.497 e. The highest BCUT2D eigenvalue weighted by Gasteiger charge is 2.52. The number of rotatable bonds is 4. The van der Waals surface area contributed by atoms with Gasteiger partial charge in [0.15, 0.2) is 5.82 Å². The molecule has 9 heteroatoms. The lowest BCUT2D eigenvalue weighted by Crippen LogP contribution is -2.41. The number of halogens is 1. The molecule has 0 saturated carbocycles. The summed E-state index contributed by atoms with van der Waals surface area (Å²) in [5.41, 5.74) is -0.0637. The summed E-state index contributed by atoms with van der Waals surface area (Å²) in [4.78, 5) is 16.7. The molecule has 0 spiro atoms. The van der Waals surface area contributed by atoms with Gasteiger partial charge in [0.2, 0.25) is 0 Å². The first kappa shape index (κ1) is 23.4. The Balaban J connectivity index is 1.79. The van der Waals surface area contributed by atoms with E-state index in [-0.39, 0.29) is 11.3 Å². The number of amides is 1. The van der Waals surface area contributed by atoms with Crippen LogP contribution >= 0.6 is 0 Å². The van der Waals surface area contributed by atoms with Crippen molar-refractivity contribution < 1.29 is 23.0 Å². The third-order valence-electron chi connectivity index (χ3n) is 6.07. The third kappa shape index (κ3) is 4.39. The molecule has 168 valence electrons. The van der Waals surface area contributed by atoms with Crippen LogP contribution in [0.15, 0.2) is 16.7 Å². The van der Waals surface area contributed by atoms with Gasteiger partial charge in [0, 0.05) is 10.9 Å². The minimum atomic E-state index is -0.795. The molecule has 1 amide bonds. The van der Waals surface area contributed by atoms with Gasteiger partial charge in [-0.05, 0) is 52.7 Å². The predicted octanol–water partition coefficient (Wildman–Crippen LogP) is 3.60. The van der Waals surface area contributed by atoms with E-state index in [0.717, 1.165) is 0 Å². The molecule has 31 heavy (non-hydrogen) atoms. The van der Waals surface area contributed by atoms with E-state index < -0.39 is 36.1 Å². The van der Waals surface area contributed by atoms with Gasteiger partial charge in [-0.2, -0.15) is 4.98 Å². The highest BCUT2D eigenvalue weighted by Crippen LogP contribution is 2.37. The van der Waals surface area contributed by atoms with Crippen LogP contribution in [0.4, 0.5) is 4.39 Å². The molecule has 3 rings (SSSR count). The standard InChI is InChI=1S/C22H31BFN3O4/c1-12-14(13(2)25-17(28)18-26-19(27-29-18)20(3,4)5)10-11-15(16(12)24)23-30-21(6,7)22(8,9)31-23/h10-11,13H,1-9H3,(H,25,28)/t13-/m1/s1. The van der Waals surface area contributed by atoms with Crippen molar-refractivity contribution in [3.8, 4) is 0 Å². The Kier molecular flexibility index (Phi) is 5.82. The van der Waals surface area contributed by atoms with Crippen molar-refractivity contribution in [2.45, 2.75) is 85.0 Å². The molecule has 1 aromatic carbocycles. The Hall–Kier alpha value is -2.26. The molecule has 1 saturated heterocycles.